The summed E-state index contributed by atoms with van der Waals surface area (Å²) >= 11 is 3.34. The molecule has 0 saturated carbocycles. The number of carbonyl (C=O) groups is 3. The number of methoxy groups -OCH3 is 2. The summed E-state index contributed by atoms with van der Waals surface area (Å²) in [6.07, 6.45) is 0. The molecule has 2 aromatic rings. The number of H-pyrrole nitrogens is 1. The zero-order valence-corrected chi connectivity index (χ0v) is 18.4. The largest absolute Gasteiger partial charge is 0.493 e. The lowest BCUT2D eigenvalue weighted by molar-refractivity contribution is 0.0472. The quantitative estimate of drug-likeness (QED) is 0.466. The summed E-state index contributed by atoms with van der Waals surface area (Å²) in [6.45, 7) is 5.05. The van der Waals surface area contributed by atoms with Gasteiger partial charge in [0, 0.05) is 5.69 Å². The van der Waals surface area contributed by atoms with Gasteiger partial charge in [-0.15, -0.1) is 0 Å². The molecule has 0 fully saturated rings. The number of hydrogen-bond acceptors (Lipinski definition) is 7. The van der Waals surface area contributed by atoms with E-state index < -0.39 is 24.3 Å². The number of benzene rings is 1. The molecule has 0 radical (unpaired) electrons. The number of halogens is 1. The number of ketones is 1. The molecule has 1 aromatic carbocycles. The zero-order valence-electron chi connectivity index (χ0n) is 16.8. The van der Waals surface area contributed by atoms with E-state index in [0.29, 0.717) is 39.4 Å². The monoisotopic (exact) mass is 467 g/mol. The molecule has 0 amide bonds. The molecule has 1 aromatic heterocycles. The Kier molecular flexibility index (Phi) is 7.44. The predicted molar refractivity (Wildman–Crippen MR) is 108 cm³/mol. The second kappa shape index (κ2) is 9.60. The maximum Gasteiger partial charge on any atom is 0.339 e. The predicted octanol–water partition coefficient (Wildman–Crippen LogP) is 3.63. The minimum Gasteiger partial charge on any atom is -0.493 e. The van der Waals surface area contributed by atoms with Crippen LogP contribution >= 0.6 is 15.9 Å². The van der Waals surface area contributed by atoms with Gasteiger partial charge in [0.2, 0.25) is 5.78 Å². The Morgan fingerprint density at radius 3 is 2.38 bits per heavy atom. The first-order chi connectivity index (χ1) is 13.7. The molecule has 0 unspecified atom stereocenters. The molecule has 2 rings (SSSR count). The van der Waals surface area contributed by atoms with Crippen LogP contribution in [-0.4, -0.2) is 50.1 Å². The number of esters is 2. The highest BCUT2D eigenvalue weighted by molar-refractivity contribution is 9.10. The number of hydrogen-bond donors (Lipinski definition) is 1. The minimum atomic E-state index is -0.700. The molecule has 29 heavy (non-hydrogen) atoms. The third-order valence-corrected chi connectivity index (χ3v) is 4.78. The van der Waals surface area contributed by atoms with Crippen LogP contribution in [0, 0.1) is 13.8 Å². The van der Waals surface area contributed by atoms with Gasteiger partial charge in [-0.25, -0.2) is 9.59 Å². The van der Waals surface area contributed by atoms with Crippen LogP contribution in [0.3, 0.4) is 0 Å². The van der Waals surface area contributed by atoms with Gasteiger partial charge in [0.25, 0.3) is 0 Å². The van der Waals surface area contributed by atoms with Crippen LogP contribution < -0.4 is 9.47 Å². The average Bonchev–Trinajstić information content (AvgIpc) is 3.00. The van der Waals surface area contributed by atoms with Gasteiger partial charge in [0.1, 0.15) is 0 Å². The lowest BCUT2D eigenvalue weighted by atomic mass is 10.1. The molecule has 0 aliphatic heterocycles. The lowest BCUT2D eigenvalue weighted by Crippen LogP contribution is -2.16. The molecule has 8 nitrogen and oxygen atoms in total. The number of aryl methyl sites for hydroxylation is 1. The summed E-state index contributed by atoms with van der Waals surface area (Å²) in [4.78, 5) is 39.6. The van der Waals surface area contributed by atoms with E-state index >= 15 is 0 Å². The molecule has 0 aliphatic carbocycles. The smallest absolute Gasteiger partial charge is 0.339 e. The first-order valence-corrected chi connectivity index (χ1v) is 9.52. The van der Waals surface area contributed by atoms with Crippen LogP contribution in [0.25, 0.3) is 0 Å². The van der Waals surface area contributed by atoms with Crippen molar-refractivity contribution < 1.29 is 33.3 Å². The first-order valence-electron chi connectivity index (χ1n) is 8.73. The summed E-state index contributed by atoms with van der Waals surface area (Å²) in [5.74, 6) is -0.882. The van der Waals surface area contributed by atoms with Crippen molar-refractivity contribution in [1.82, 2.24) is 4.98 Å². The van der Waals surface area contributed by atoms with Crippen LogP contribution in [0.1, 0.15) is 49.4 Å². The second-order valence-electron chi connectivity index (χ2n) is 6.04. The number of ether oxygens (including phenoxy) is 4. The van der Waals surface area contributed by atoms with Crippen molar-refractivity contribution in [3.8, 4) is 11.5 Å². The van der Waals surface area contributed by atoms with Gasteiger partial charge in [-0.05, 0) is 54.4 Å². The van der Waals surface area contributed by atoms with Crippen LogP contribution in [-0.2, 0) is 9.47 Å². The first kappa shape index (κ1) is 22.5. The van der Waals surface area contributed by atoms with E-state index in [1.165, 1.54) is 26.4 Å². The maximum absolute atomic E-state index is 12.5. The van der Waals surface area contributed by atoms with Gasteiger partial charge in [0.05, 0.1) is 42.1 Å². The molecular formula is C20H22BrNO7. The number of rotatable bonds is 8. The fraction of sp³-hybridized carbons (Fsp3) is 0.350. The Morgan fingerprint density at radius 2 is 1.79 bits per heavy atom. The third kappa shape index (κ3) is 4.79. The lowest BCUT2D eigenvalue weighted by Gasteiger charge is -2.13. The summed E-state index contributed by atoms with van der Waals surface area (Å²) in [5.41, 5.74) is 1.63. The van der Waals surface area contributed by atoms with E-state index in [1.54, 1.807) is 13.8 Å². The Morgan fingerprint density at radius 1 is 1.10 bits per heavy atom. The standard InChI is InChI=1S/C20H22BrNO7/c1-6-28-18-13(21)7-12(8-15(18)26-4)19(24)29-9-14(23)17-10(2)16(11(3)22-17)20(25)27-5/h7-8,22H,6,9H2,1-5H3. The van der Waals surface area contributed by atoms with Crippen LogP contribution in [0.2, 0.25) is 0 Å². The summed E-state index contributed by atoms with van der Waals surface area (Å²) in [6, 6.07) is 3.00. The van der Waals surface area contributed by atoms with Gasteiger partial charge >= 0.3 is 11.9 Å². The van der Waals surface area contributed by atoms with Gasteiger partial charge in [-0.1, -0.05) is 0 Å². The zero-order chi connectivity index (χ0) is 21.7. The van der Waals surface area contributed by atoms with Crippen LogP contribution in [0.5, 0.6) is 11.5 Å². The highest BCUT2D eigenvalue weighted by atomic mass is 79.9. The SMILES string of the molecule is CCOc1c(Br)cc(C(=O)OCC(=O)c2[nH]c(C)c(C(=O)OC)c2C)cc1OC. The molecule has 1 N–H and O–H groups in total. The van der Waals surface area contributed by atoms with E-state index in [9.17, 15) is 14.4 Å². The molecule has 0 saturated heterocycles. The highest BCUT2D eigenvalue weighted by Gasteiger charge is 2.24. The highest BCUT2D eigenvalue weighted by Crippen LogP contribution is 2.36. The van der Waals surface area contributed by atoms with E-state index in [0.717, 1.165) is 0 Å². The Labute approximate surface area is 176 Å². The van der Waals surface area contributed by atoms with Crippen molar-refractivity contribution in [2.45, 2.75) is 20.8 Å². The van der Waals surface area contributed by atoms with Crippen molar-refractivity contribution in [3.63, 3.8) is 0 Å². The molecule has 9 heteroatoms. The van der Waals surface area contributed by atoms with Crippen LogP contribution in [0.15, 0.2) is 16.6 Å². The second-order valence-corrected chi connectivity index (χ2v) is 6.89. The van der Waals surface area contributed by atoms with E-state index in [4.69, 9.17) is 18.9 Å². The molecule has 156 valence electrons. The molecule has 1 heterocycles. The van der Waals surface area contributed by atoms with Crippen LogP contribution in [0.4, 0.5) is 0 Å². The van der Waals surface area contributed by atoms with Crippen molar-refractivity contribution >= 4 is 33.7 Å². The van der Waals surface area contributed by atoms with Crippen molar-refractivity contribution in [2.24, 2.45) is 0 Å². The van der Waals surface area contributed by atoms with E-state index in [1.807, 2.05) is 6.92 Å². The number of aromatic nitrogens is 1. The third-order valence-electron chi connectivity index (χ3n) is 4.19. The van der Waals surface area contributed by atoms with Gasteiger partial charge < -0.3 is 23.9 Å². The fourth-order valence-electron chi connectivity index (χ4n) is 2.85. The number of nitrogens with one attached hydrogen (secondary N) is 1. The molecule has 0 atom stereocenters. The average molecular weight is 468 g/mol. The number of carbonyl (C=O) groups excluding carboxylic acids is 3. The van der Waals surface area contributed by atoms with Gasteiger partial charge in [-0.2, -0.15) is 0 Å². The summed E-state index contributed by atoms with van der Waals surface area (Å²) < 4.78 is 21.1. The van der Waals surface area contributed by atoms with Gasteiger partial charge in [-0.3, -0.25) is 4.79 Å². The Balaban J connectivity index is 2.16. The molecular weight excluding hydrogens is 446 g/mol. The topological polar surface area (TPSA) is 104 Å². The fourth-order valence-corrected chi connectivity index (χ4v) is 3.40. The van der Waals surface area contributed by atoms with E-state index in [-0.39, 0.29) is 11.3 Å². The Hall–Kier alpha value is -2.81. The number of aromatic amines is 1. The normalized spacial score (nSPS) is 10.4. The van der Waals surface area contributed by atoms with Gasteiger partial charge in [0.15, 0.2) is 18.1 Å². The summed E-state index contributed by atoms with van der Waals surface area (Å²) in [5, 5.41) is 0. The molecule has 0 bridgehead atoms. The van der Waals surface area contributed by atoms with Crippen molar-refractivity contribution in [3.05, 3.63) is 44.7 Å². The number of Topliss-reactive ketones (excluding diaryl/α,β-unsaturated/α-hetero) is 1. The van der Waals surface area contributed by atoms with Crippen molar-refractivity contribution in [1.29, 1.82) is 0 Å². The summed E-state index contributed by atoms with van der Waals surface area (Å²) in [7, 11) is 2.72. The van der Waals surface area contributed by atoms with E-state index in [2.05, 4.69) is 20.9 Å². The Bertz CT molecular complexity index is 949. The maximum atomic E-state index is 12.5. The van der Waals surface area contributed by atoms with Crippen molar-refractivity contribution in [2.75, 3.05) is 27.4 Å². The minimum absolute atomic E-state index is 0.194. The molecule has 0 spiro atoms. The molecule has 0 aliphatic rings.